The van der Waals surface area contributed by atoms with E-state index in [1.54, 1.807) is 6.07 Å². The monoisotopic (exact) mass is 338 g/mol. The van der Waals surface area contributed by atoms with Crippen LogP contribution in [0.2, 0.25) is 0 Å². The maximum Gasteiger partial charge on any atom is 0.170 e. The average Bonchev–Trinajstić information content (AvgIpc) is 3.21. The average molecular weight is 338 g/mol. The Morgan fingerprint density at radius 1 is 0.654 bits per heavy atom. The number of carbonyl (C=O) groups excluding carboxylic acids is 1. The van der Waals surface area contributed by atoms with Crippen molar-refractivity contribution in [3.8, 4) is 0 Å². The molecule has 0 saturated carbocycles. The van der Waals surface area contributed by atoms with Crippen LogP contribution in [0.15, 0.2) is 103 Å². The Bertz CT molecular complexity index is 895. The lowest BCUT2D eigenvalue weighted by Gasteiger charge is -2.36. The third-order valence-corrected chi connectivity index (χ3v) is 4.65. The smallest absolute Gasteiger partial charge is 0.170 e. The van der Waals surface area contributed by atoms with E-state index in [-0.39, 0.29) is 0 Å². The van der Waals surface area contributed by atoms with E-state index in [9.17, 15) is 4.79 Å². The molecule has 0 aliphatic heterocycles. The minimum absolute atomic E-state index is 0.414. The van der Waals surface area contributed by atoms with Gasteiger partial charge in [-0.1, -0.05) is 91.0 Å². The molecule has 4 aromatic rings. The third kappa shape index (κ3) is 2.54. The van der Waals surface area contributed by atoms with Crippen molar-refractivity contribution >= 4 is 6.29 Å². The number of hydrogen-bond donors (Lipinski definition) is 0. The van der Waals surface area contributed by atoms with Crippen LogP contribution in [0.25, 0.3) is 0 Å². The number of carbonyl (C=O) groups is 1. The van der Waals surface area contributed by atoms with Gasteiger partial charge in [-0.3, -0.25) is 9.48 Å². The molecule has 1 heterocycles. The highest BCUT2D eigenvalue weighted by Gasteiger charge is 2.39. The highest BCUT2D eigenvalue weighted by molar-refractivity contribution is 5.71. The minimum Gasteiger partial charge on any atom is -0.296 e. The van der Waals surface area contributed by atoms with E-state index >= 15 is 0 Å². The SMILES string of the molecule is O=Cc1ccn(C(c2ccccc2)(c2ccccc2)c2ccccc2)n1. The summed E-state index contributed by atoms with van der Waals surface area (Å²) in [5.74, 6) is 0. The predicted molar refractivity (Wildman–Crippen MR) is 102 cm³/mol. The third-order valence-electron chi connectivity index (χ3n) is 4.65. The number of aldehydes is 1. The van der Waals surface area contributed by atoms with Gasteiger partial charge in [-0.05, 0) is 22.8 Å². The Labute approximate surface area is 152 Å². The van der Waals surface area contributed by atoms with Crippen LogP contribution < -0.4 is 0 Å². The summed E-state index contributed by atoms with van der Waals surface area (Å²) in [5.41, 5.74) is 3.00. The van der Waals surface area contributed by atoms with E-state index in [0.29, 0.717) is 5.69 Å². The first-order chi connectivity index (χ1) is 12.9. The number of hydrogen-bond acceptors (Lipinski definition) is 2. The predicted octanol–water partition coefficient (Wildman–Crippen LogP) is 4.54. The van der Waals surface area contributed by atoms with Crippen LogP contribution in [0.5, 0.6) is 0 Å². The molecule has 0 N–H and O–H groups in total. The van der Waals surface area contributed by atoms with Crippen LogP contribution in [0.1, 0.15) is 27.2 Å². The van der Waals surface area contributed by atoms with E-state index in [4.69, 9.17) is 0 Å². The summed E-state index contributed by atoms with van der Waals surface area (Å²) < 4.78 is 1.89. The largest absolute Gasteiger partial charge is 0.296 e. The maximum atomic E-state index is 11.3. The molecule has 0 unspecified atom stereocenters. The van der Waals surface area contributed by atoms with Gasteiger partial charge in [-0.25, -0.2) is 0 Å². The van der Waals surface area contributed by atoms with Gasteiger partial charge in [0, 0.05) is 6.20 Å². The Balaban J connectivity index is 2.12. The summed E-state index contributed by atoms with van der Waals surface area (Å²) in [4.78, 5) is 11.3. The zero-order valence-corrected chi connectivity index (χ0v) is 14.2. The molecule has 0 amide bonds. The number of benzene rings is 3. The van der Waals surface area contributed by atoms with Crippen LogP contribution in [0.4, 0.5) is 0 Å². The van der Waals surface area contributed by atoms with Gasteiger partial charge in [-0.15, -0.1) is 0 Å². The summed E-state index contributed by atoms with van der Waals surface area (Å²) in [6, 6.07) is 32.5. The Kier molecular flexibility index (Phi) is 4.20. The normalized spacial score (nSPS) is 11.2. The molecule has 0 bridgehead atoms. The molecule has 0 atom stereocenters. The van der Waals surface area contributed by atoms with Crippen LogP contribution >= 0.6 is 0 Å². The quantitative estimate of drug-likeness (QED) is 0.396. The lowest BCUT2D eigenvalue weighted by atomic mass is 9.77. The highest BCUT2D eigenvalue weighted by Crippen LogP contribution is 2.40. The van der Waals surface area contributed by atoms with Crippen molar-refractivity contribution in [1.29, 1.82) is 0 Å². The van der Waals surface area contributed by atoms with Crippen molar-refractivity contribution in [3.05, 3.63) is 126 Å². The second-order valence-corrected chi connectivity index (χ2v) is 6.11. The molecule has 0 radical (unpaired) electrons. The van der Waals surface area contributed by atoms with Crippen LogP contribution in [-0.2, 0) is 5.54 Å². The lowest BCUT2D eigenvalue weighted by Crippen LogP contribution is -2.38. The van der Waals surface area contributed by atoms with Crippen molar-refractivity contribution in [2.75, 3.05) is 0 Å². The van der Waals surface area contributed by atoms with Crippen LogP contribution in [0, 0.1) is 0 Å². The number of rotatable bonds is 5. The molecule has 1 aromatic heterocycles. The first-order valence-corrected chi connectivity index (χ1v) is 8.53. The Morgan fingerprint density at radius 2 is 1.08 bits per heavy atom. The fourth-order valence-corrected chi connectivity index (χ4v) is 3.52. The van der Waals surface area contributed by atoms with Gasteiger partial charge in [-0.2, -0.15) is 5.10 Å². The van der Waals surface area contributed by atoms with Gasteiger partial charge in [0.1, 0.15) is 11.2 Å². The molecule has 0 fully saturated rings. The molecule has 0 spiro atoms. The summed E-state index contributed by atoms with van der Waals surface area (Å²) >= 11 is 0. The zero-order chi connectivity index (χ0) is 17.8. The highest BCUT2D eigenvalue weighted by atomic mass is 16.1. The number of nitrogens with zero attached hydrogens (tertiary/aromatic N) is 2. The van der Waals surface area contributed by atoms with E-state index in [0.717, 1.165) is 23.0 Å². The molecule has 4 rings (SSSR count). The first-order valence-electron chi connectivity index (χ1n) is 8.53. The molecule has 0 aliphatic rings. The molecule has 3 nitrogen and oxygen atoms in total. The first kappa shape index (κ1) is 16.0. The fourth-order valence-electron chi connectivity index (χ4n) is 3.52. The lowest BCUT2D eigenvalue weighted by molar-refractivity contribution is 0.111. The molecular weight excluding hydrogens is 320 g/mol. The Morgan fingerprint density at radius 3 is 1.42 bits per heavy atom. The molecule has 26 heavy (non-hydrogen) atoms. The van der Waals surface area contributed by atoms with E-state index in [1.165, 1.54) is 0 Å². The summed E-state index contributed by atoms with van der Waals surface area (Å²) in [6.45, 7) is 0. The van der Waals surface area contributed by atoms with Gasteiger partial charge < -0.3 is 0 Å². The zero-order valence-electron chi connectivity index (χ0n) is 14.2. The van der Waals surface area contributed by atoms with Crippen molar-refractivity contribution in [2.45, 2.75) is 5.54 Å². The molecule has 3 aromatic carbocycles. The van der Waals surface area contributed by atoms with Gasteiger partial charge in [0.2, 0.25) is 0 Å². The van der Waals surface area contributed by atoms with Gasteiger partial charge in [0.15, 0.2) is 6.29 Å². The van der Waals surface area contributed by atoms with Crippen molar-refractivity contribution in [3.63, 3.8) is 0 Å². The Hall–Kier alpha value is -3.46. The fraction of sp³-hybridized carbons (Fsp3) is 0.0435. The molecule has 126 valence electrons. The minimum atomic E-state index is -0.662. The van der Waals surface area contributed by atoms with Crippen molar-refractivity contribution < 1.29 is 4.79 Å². The van der Waals surface area contributed by atoms with Gasteiger partial charge in [0.25, 0.3) is 0 Å². The second-order valence-electron chi connectivity index (χ2n) is 6.11. The standard InChI is InChI=1S/C23H18N2O/c26-18-22-16-17-25(24-22)23(19-10-4-1-5-11-19,20-12-6-2-7-13-20)21-14-8-3-9-15-21/h1-18H. The van der Waals surface area contributed by atoms with Crippen LogP contribution in [-0.4, -0.2) is 16.1 Å². The second kappa shape index (κ2) is 6.81. The molecule has 0 aliphatic carbocycles. The van der Waals surface area contributed by atoms with Crippen molar-refractivity contribution in [2.24, 2.45) is 0 Å². The van der Waals surface area contributed by atoms with E-state index in [2.05, 4.69) is 41.5 Å². The summed E-state index contributed by atoms with van der Waals surface area (Å²) in [5, 5.41) is 4.58. The van der Waals surface area contributed by atoms with Crippen LogP contribution in [0.3, 0.4) is 0 Å². The molecule has 3 heteroatoms. The summed E-state index contributed by atoms with van der Waals surface area (Å²) in [6.07, 6.45) is 2.65. The molecular formula is C23H18N2O. The summed E-state index contributed by atoms with van der Waals surface area (Å²) in [7, 11) is 0. The van der Waals surface area contributed by atoms with Gasteiger partial charge >= 0.3 is 0 Å². The van der Waals surface area contributed by atoms with E-state index < -0.39 is 5.54 Å². The van der Waals surface area contributed by atoms with E-state index in [1.807, 2.05) is 65.5 Å². The van der Waals surface area contributed by atoms with Crippen molar-refractivity contribution in [1.82, 2.24) is 9.78 Å². The topological polar surface area (TPSA) is 34.9 Å². The maximum absolute atomic E-state index is 11.3. The van der Waals surface area contributed by atoms with Gasteiger partial charge in [0.05, 0.1) is 0 Å². The number of aromatic nitrogens is 2. The molecule has 0 saturated heterocycles.